The SMILES string of the molecule is Br.NCC(N)=O. The van der Waals surface area contributed by atoms with Crippen molar-refractivity contribution in [2.75, 3.05) is 6.54 Å². The van der Waals surface area contributed by atoms with E-state index in [0.717, 1.165) is 0 Å². The lowest BCUT2D eigenvalue weighted by atomic mass is 10.7. The summed E-state index contributed by atoms with van der Waals surface area (Å²) in [6.45, 7) is -0.0556. The van der Waals surface area contributed by atoms with E-state index in [9.17, 15) is 4.79 Å². The van der Waals surface area contributed by atoms with Crippen LogP contribution in [-0.4, -0.2) is 12.5 Å². The molecule has 0 aromatic heterocycles. The standard InChI is InChI=1S/C2H6N2O.BrH/c3-1-2(4)5;/h1,3H2,(H2,4,5);1H. The van der Waals surface area contributed by atoms with Gasteiger partial charge in [0.1, 0.15) is 0 Å². The zero-order valence-corrected chi connectivity index (χ0v) is 4.89. The van der Waals surface area contributed by atoms with Crippen LogP contribution in [0, 0.1) is 0 Å². The van der Waals surface area contributed by atoms with Crippen molar-refractivity contribution < 1.29 is 4.79 Å². The van der Waals surface area contributed by atoms with Gasteiger partial charge in [-0.25, -0.2) is 0 Å². The Kier molecular flexibility index (Phi) is 7.63. The maximum Gasteiger partial charge on any atom is 0.231 e. The number of hydrogen-bond donors (Lipinski definition) is 2. The highest BCUT2D eigenvalue weighted by atomic mass is 79.9. The van der Waals surface area contributed by atoms with Crippen LogP contribution >= 0.6 is 17.0 Å². The van der Waals surface area contributed by atoms with E-state index >= 15 is 0 Å². The smallest absolute Gasteiger partial charge is 0.231 e. The van der Waals surface area contributed by atoms with Crippen molar-refractivity contribution in [2.45, 2.75) is 0 Å². The molecule has 0 unspecified atom stereocenters. The van der Waals surface area contributed by atoms with Crippen molar-refractivity contribution in [3.05, 3.63) is 0 Å². The number of primary amides is 1. The molecule has 0 aromatic rings. The number of halogens is 1. The Morgan fingerprint density at radius 3 is 1.83 bits per heavy atom. The van der Waals surface area contributed by atoms with Gasteiger partial charge in [-0.2, -0.15) is 0 Å². The van der Waals surface area contributed by atoms with Crippen LogP contribution in [0.3, 0.4) is 0 Å². The minimum Gasteiger partial charge on any atom is -0.369 e. The van der Waals surface area contributed by atoms with Gasteiger partial charge in [0.2, 0.25) is 5.91 Å². The summed E-state index contributed by atoms with van der Waals surface area (Å²) < 4.78 is 0. The highest BCUT2D eigenvalue weighted by molar-refractivity contribution is 8.93. The molecule has 6 heavy (non-hydrogen) atoms. The first kappa shape index (κ1) is 9.32. The molecule has 0 heterocycles. The second kappa shape index (κ2) is 4.91. The summed E-state index contributed by atoms with van der Waals surface area (Å²) in [6, 6.07) is 0. The first-order valence-electron chi connectivity index (χ1n) is 1.25. The monoisotopic (exact) mass is 154 g/mol. The molecule has 0 aromatic carbocycles. The largest absolute Gasteiger partial charge is 0.369 e. The first-order chi connectivity index (χ1) is 2.27. The minimum absolute atomic E-state index is 0. The maximum absolute atomic E-state index is 9.47. The van der Waals surface area contributed by atoms with Crippen LogP contribution in [0.1, 0.15) is 0 Å². The fourth-order valence-electron chi connectivity index (χ4n) is 0. The molecule has 38 valence electrons. The molecule has 0 radical (unpaired) electrons. The summed E-state index contributed by atoms with van der Waals surface area (Å²) in [5.41, 5.74) is 9.22. The Labute approximate surface area is 46.5 Å². The van der Waals surface area contributed by atoms with E-state index in [4.69, 9.17) is 5.73 Å². The van der Waals surface area contributed by atoms with Crippen LogP contribution < -0.4 is 11.5 Å². The molecule has 1 amide bonds. The molecule has 3 nitrogen and oxygen atoms in total. The third-order valence-electron chi connectivity index (χ3n) is 0.201. The minimum atomic E-state index is -0.468. The molecule has 0 spiro atoms. The van der Waals surface area contributed by atoms with Gasteiger partial charge in [0.15, 0.2) is 0 Å². The van der Waals surface area contributed by atoms with Crippen molar-refractivity contribution in [3.63, 3.8) is 0 Å². The maximum atomic E-state index is 9.47. The number of carbonyl (C=O) groups is 1. The fraction of sp³-hybridized carbons (Fsp3) is 0.500. The summed E-state index contributed by atoms with van der Waals surface area (Å²) in [4.78, 5) is 9.47. The van der Waals surface area contributed by atoms with E-state index in [1.165, 1.54) is 0 Å². The van der Waals surface area contributed by atoms with Crippen LogP contribution in [0.2, 0.25) is 0 Å². The molecule has 0 bridgehead atoms. The van der Waals surface area contributed by atoms with Crippen LogP contribution in [0.15, 0.2) is 0 Å². The highest BCUT2D eigenvalue weighted by Gasteiger charge is 1.77. The second-order valence-corrected chi connectivity index (χ2v) is 0.670. The summed E-state index contributed by atoms with van der Waals surface area (Å²) in [6.07, 6.45) is 0. The fourth-order valence-corrected chi connectivity index (χ4v) is 0. The lowest BCUT2D eigenvalue weighted by Crippen LogP contribution is -2.21. The molecule has 4 heteroatoms. The molecular weight excluding hydrogens is 148 g/mol. The van der Waals surface area contributed by atoms with Crippen LogP contribution in [0.25, 0.3) is 0 Å². The molecule has 0 aliphatic rings. The van der Waals surface area contributed by atoms with Gasteiger partial charge in [-0.1, -0.05) is 0 Å². The molecule has 0 aliphatic carbocycles. The zero-order chi connectivity index (χ0) is 4.28. The Bertz CT molecular complexity index is 46.8. The van der Waals surface area contributed by atoms with Crippen molar-refractivity contribution in [3.8, 4) is 0 Å². The number of rotatable bonds is 1. The Hall–Kier alpha value is -0.0900. The van der Waals surface area contributed by atoms with Crippen LogP contribution in [0.5, 0.6) is 0 Å². The Morgan fingerprint density at radius 2 is 1.83 bits per heavy atom. The summed E-state index contributed by atoms with van der Waals surface area (Å²) >= 11 is 0. The van der Waals surface area contributed by atoms with Crippen molar-refractivity contribution in [1.82, 2.24) is 0 Å². The third-order valence-corrected chi connectivity index (χ3v) is 0.201. The van der Waals surface area contributed by atoms with Gasteiger partial charge in [0.05, 0.1) is 6.54 Å². The summed E-state index contributed by atoms with van der Waals surface area (Å²) in [5, 5.41) is 0. The van der Waals surface area contributed by atoms with Gasteiger partial charge >= 0.3 is 0 Å². The Balaban J connectivity index is 0. The average molecular weight is 155 g/mol. The molecule has 0 aliphatic heterocycles. The zero-order valence-electron chi connectivity index (χ0n) is 3.18. The average Bonchev–Trinajstić information content (AvgIpc) is 1.38. The van der Waals surface area contributed by atoms with Crippen molar-refractivity contribution in [2.24, 2.45) is 11.5 Å². The van der Waals surface area contributed by atoms with E-state index in [-0.39, 0.29) is 23.5 Å². The van der Waals surface area contributed by atoms with Gasteiger partial charge in [-0.3, -0.25) is 4.79 Å². The molecule has 0 fully saturated rings. The quantitative estimate of drug-likeness (QED) is 0.510. The van der Waals surface area contributed by atoms with E-state index in [1.54, 1.807) is 0 Å². The predicted octanol–water partition coefficient (Wildman–Crippen LogP) is -0.992. The van der Waals surface area contributed by atoms with Gasteiger partial charge in [-0.05, 0) is 0 Å². The molecule has 0 rings (SSSR count). The lowest BCUT2D eigenvalue weighted by Gasteiger charge is -1.74. The normalized spacial score (nSPS) is 6.17. The van der Waals surface area contributed by atoms with E-state index in [2.05, 4.69) is 5.73 Å². The third kappa shape index (κ3) is 9.08. The highest BCUT2D eigenvalue weighted by Crippen LogP contribution is 1.36. The number of amides is 1. The number of hydrogen-bond acceptors (Lipinski definition) is 2. The van der Waals surface area contributed by atoms with Crippen molar-refractivity contribution >= 4 is 22.9 Å². The lowest BCUT2D eigenvalue weighted by molar-refractivity contribution is -0.116. The molecular formula is C2H7BrN2O. The predicted molar refractivity (Wildman–Crippen MR) is 28.6 cm³/mol. The second-order valence-electron chi connectivity index (χ2n) is 0.670. The molecule has 0 saturated heterocycles. The first-order valence-corrected chi connectivity index (χ1v) is 1.25. The molecule has 0 saturated carbocycles. The van der Waals surface area contributed by atoms with Gasteiger partial charge in [-0.15, -0.1) is 17.0 Å². The van der Waals surface area contributed by atoms with Crippen molar-refractivity contribution in [1.29, 1.82) is 0 Å². The topological polar surface area (TPSA) is 69.1 Å². The summed E-state index contributed by atoms with van der Waals surface area (Å²) in [5.74, 6) is -0.468. The molecule has 4 N–H and O–H groups in total. The van der Waals surface area contributed by atoms with Gasteiger partial charge in [0, 0.05) is 0 Å². The van der Waals surface area contributed by atoms with E-state index in [0.29, 0.717) is 0 Å². The van der Waals surface area contributed by atoms with Crippen LogP contribution in [0.4, 0.5) is 0 Å². The van der Waals surface area contributed by atoms with Crippen LogP contribution in [-0.2, 0) is 4.79 Å². The van der Waals surface area contributed by atoms with E-state index in [1.807, 2.05) is 0 Å². The van der Waals surface area contributed by atoms with Gasteiger partial charge in [0.25, 0.3) is 0 Å². The number of carbonyl (C=O) groups excluding carboxylic acids is 1. The Morgan fingerprint density at radius 1 is 1.67 bits per heavy atom. The number of nitrogens with two attached hydrogens (primary N) is 2. The molecule has 0 atom stereocenters. The van der Waals surface area contributed by atoms with Gasteiger partial charge < -0.3 is 11.5 Å². The summed E-state index contributed by atoms with van der Waals surface area (Å²) in [7, 11) is 0. The van der Waals surface area contributed by atoms with E-state index < -0.39 is 5.91 Å².